The zero-order chi connectivity index (χ0) is 15.2. The first-order valence-electron chi connectivity index (χ1n) is 6.48. The van der Waals surface area contributed by atoms with E-state index in [2.05, 4.69) is 10.3 Å². The fourth-order valence-corrected chi connectivity index (χ4v) is 2.33. The third kappa shape index (κ3) is 4.12. The molecule has 1 unspecified atom stereocenters. The smallest absolute Gasteiger partial charge is 0.241 e. The molecule has 1 atom stereocenters. The monoisotopic (exact) mass is 300 g/mol. The van der Waals surface area contributed by atoms with Gasteiger partial charge < -0.3 is 5.32 Å². The average Bonchev–Trinajstić information content (AvgIpc) is 3.00. The van der Waals surface area contributed by atoms with Crippen molar-refractivity contribution in [2.75, 3.05) is 12.4 Å². The van der Waals surface area contributed by atoms with Crippen LogP contribution >= 0.6 is 11.3 Å². The van der Waals surface area contributed by atoms with Gasteiger partial charge in [0.25, 0.3) is 0 Å². The molecule has 0 spiro atoms. The van der Waals surface area contributed by atoms with Crippen molar-refractivity contribution in [3.8, 4) is 6.07 Å². The fourth-order valence-electron chi connectivity index (χ4n) is 1.78. The Bertz CT molecular complexity index is 631. The van der Waals surface area contributed by atoms with Gasteiger partial charge in [-0.3, -0.25) is 9.69 Å². The van der Waals surface area contributed by atoms with Gasteiger partial charge in [-0.25, -0.2) is 4.98 Å². The summed E-state index contributed by atoms with van der Waals surface area (Å²) in [5.74, 6) is -0.0857. The molecule has 0 fully saturated rings. The minimum atomic E-state index is -0.276. The number of benzene rings is 1. The molecular weight excluding hydrogens is 284 g/mol. The molecule has 1 amide bonds. The van der Waals surface area contributed by atoms with Crippen LogP contribution in [-0.2, 0) is 11.3 Å². The first kappa shape index (κ1) is 15.2. The quantitative estimate of drug-likeness (QED) is 0.921. The Morgan fingerprint density at radius 3 is 2.76 bits per heavy atom. The van der Waals surface area contributed by atoms with Gasteiger partial charge in [0, 0.05) is 17.6 Å². The van der Waals surface area contributed by atoms with E-state index >= 15 is 0 Å². The summed E-state index contributed by atoms with van der Waals surface area (Å²) in [4.78, 5) is 18.4. The highest BCUT2D eigenvalue weighted by atomic mass is 32.1. The fraction of sp³-hybridized carbons (Fsp3) is 0.267. The van der Waals surface area contributed by atoms with Crippen molar-refractivity contribution >= 4 is 22.9 Å². The van der Waals surface area contributed by atoms with E-state index in [9.17, 15) is 4.79 Å². The van der Waals surface area contributed by atoms with Crippen LogP contribution in [0.2, 0.25) is 0 Å². The van der Waals surface area contributed by atoms with Crippen LogP contribution in [-0.4, -0.2) is 28.9 Å². The highest BCUT2D eigenvalue weighted by molar-refractivity contribution is 7.07. The van der Waals surface area contributed by atoms with E-state index in [0.29, 0.717) is 17.8 Å². The Balaban J connectivity index is 1.93. The second-order valence-electron chi connectivity index (χ2n) is 4.75. The molecule has 0 radical (unpaired) electrons. The number of hydrogen-bond acceptors (Lipinski definition) is 5. The summed E-state index contributed by atoms with van der Waals surface area (Å²) in [7, 11) is 1.89. The van der Waals surface area contributed by atoms with Gasteiger partial charge in [-0.2, -0.15) is 5.26 Å². The lowest BCUT2D eigenvalue weighted by Gasteiger charge is -2.23. The summed E-state index contributed by atoms with van der Waals surface area (Å²) in [5.41, 5.74) is 4.00. The molecule has 0 aliphatic rings. The number of nitriles is 1. The van der Waals surface area contributed by atoms with Gasteiger partial charge in [-0.15, -0.1) is 11.3 Å². The van der Waals surface area contributed by atoms with E-state index < -0.39 is 0 Å². The van der Waals surface area contributed by atoms with Crippen LogP contribution in [0.4, 0.5) is 5.69 Å². The zero-order valence-electron chi connectivity index (χ0n) is 11.9. The van der Waals surface area contributed by atoms with Crippen LogP contribution in [0.25, 0.3) is 0 Å². The number of nitrogens with one attached hydrogen (secondary N) is 1. The first-order chi connectivity index (χ1) is 10.1. The summed E-state index contributed by atoms with van der Waals surface area (Å²) in [6, 6.07) is 8.58. The third-order valence-electron chi connectivity index (χ3n) is 3.22. The topological polar surface area (TPSA) is 69.0 Å². The largest absolute Gasteiger partial charge is 0.325 e. The van der Waals surface area contributed by atoms with Gasteiger partial charge in [-0.05, 0) is 38.2 Å². The van der Waals surface area contributed by atoms with E-state index in [1.165, 1.54) is 0 Å². The van der Waals surface area contributed by atoms with Crippen LogP contribution < -0.4 is 5.32 Å². The van der Waals surface area contributed by atoms with E-state index in [0.717, 1.165) is 5.69 Å². The van der Waals surface area contributed by atoms with Crippen molar-refractivity contribution in [1.29, 1.82) is 5.26 Å². The number of carbonyl (C=O) groups excluding carboxylic acids is 1. The molecule has 0 saturated carbocycles. The van der Waals surface area contributed by atoms with Crippen molar-refractivity contribution in [3.63, 3.8) is 0 Å². The normalized spacial score (nSPS) is 11.9. The summed E-state index contributed by atoms with van der Waals surface area (Å²) >= 11 is 1.54. The molecule has 1 aromatic heterocycles. The van der Waals surface area contributed by atoms with E-state index in [-0.39, 0.29) is 11.9 Å². The molecule has 5 nitrogen and oxygen atoms in total. The van der Waals surface area contributed by atoms with Gasteiger partial charge in [-0.1, -0.05) is 0 Å². The number of nitrogens with zero attached hydrogens (tertiary/aromatic N) is 3. The van der Waals surface area contributed by atoms with Crippen LogP contribution in [0, 0.1) is 11.3 Å². The van der Waals surface area contributed by atoms with Crippen LogP contribution in [0.15, 0.2) is 35.2 Å². The average molecular weight is 300 g/mol. The predicted molar refractivity (Wildman–Crippen MR) is 82.8 cm³/mol. The standard InChI is InChI=1S/C15H16N4OS/c1-11(19(2)8-14-9-21-10-17-14)15(20)18-13-5-3-12(7-16)4-6-13/h3-6,9-11H,8H2,1-2H3,(H,18,20). The van der Waals surface area contributed by atoms with Gasteiger partial charge >= 0.3 is 0 Å². The minimum Gasteiger partial charge on any atom is -0.325 e. The molecule has 0 saturated heterocycles. The van der Waals surface area contributed by atoms with Crippen LogP contribution in [0.1, 0.15) is 18.2 Å². The van der Waals surface area contributed by atoms with Crippen molar-refractivity contribution in [3.05, 3.63) is 46.4 Å². The van der Waals surface area contributed by atoms with Crippen molar-refractivity contribution in [1.82, 2.24) is 9.88 Å². The van der Waals surface area contributed by atoms with E-state index in [1.54, 1.807) is 41.1 Å². The number of amides is 1. The highest BCUT2D eigenvalue weighted by Gasteiger charge is 2.18. The zero-order valence-corrected chi connectivity index (χ0v) is 12.7. The van der Waals surface area contributed by atoms with E-state index in [4.69, 9.17) is 5.26 Å². The number of anilines is 1. The number of hydrogen-bond donors (Lipinski definition) is 1. The maximum absolute atomic E-state index is 12.2. The minimum absolute atomic E-state index is 0.0857. The van der Waals surface area contributed by atoms with Crippen molar-refractivity contribution in [2.24, 2.45) is 0 Å². The second kappa shape index (κ2) is 6.97. The molecule has 108 valence electrons. The predicted octanol–water partition coefficient (Wildman–Crippen LogP) is 2.47. The van der Waals surface area contributed by atoms with Crippen LogP contribution in [0.3, 0.4) is 0 Å². The molecule has 1 heterocycles. The number of carbonyl (C=O) groups is 1. The summed E-state index contributed by atoms with van der Waals surface area (Å²) in [6.45, 7) is 2.48. The highest BCUT2D eigenvalue weighted by Crippen LogP contribution is 2.11. The first-order valence-corrected chi connectivity index (χ1v) is 7.43. The second-order valence-corrected chi connectivity index (χ2v) is 5.47. The molecule has 0 aliphatic heterocycles. The lowest BCUT2D eigenvalue weighted by Crippen LogP contribution is -2.39. The van der Waals surface area contributed by atoms with Gasteiger partial charge in [0.05, 0.1) is 28.9 Å². The summed E-state index contributed by atoms with van der Waals surface area (Å²) < 4.78 is 0. The van der Waals surface area contributed by atoms with Gasteiger partial charge in [0.2, 0.25) is 5.91 Å². The number of aromatic nitrogens is 1. The van der Waals surface area contributed by atoms with E-state index in [1.807, 2.05) is 30.3 Å². The SMILES string of the molecule is CC(C(=O)Nc1ccc(C#N)cc1)N(C)Cc1cscn1. The number of likely N-dealkylation sites (N-methyl/N-ethyl adjacent to an activating group) is 1. The molecule has 2 aromatic rings. The molecule has 21 heavy (non-hydrogen) atoms. The maximum atomic E-state index is 12.2. The molecule has 1 aromatic carbocycles. The third-order valence-corrected chi connectivity index (χ3v) is 3.85. The maximum Gasteiger partial charge on any atom is 0.241 e. The van der Waals surface area contributed by atoms with Crippen molar-refractivity contribution < 1.29 is 4.79 Å². The molecule has 2 rings (SSSR count). The van der Waals surface area contributed by atoms with Crippen LogP contribution in [0.5, 0.6) is 0 Å². The summed E-state index contributed by atoms with van der Waals surface area (Å²) in [6.07, 6.45) is 0. The molecule has 0 aliphatic carbocycles. The Labute approximate surface area is 127 Å². The lowest BCUT2D eigenvalue weighted by atomic mass is 10.2. The molecule has 0 bridgehead atoms. The Hall–Kier alpha value is -2.23. The molecule has 1 N–H and O–H groups in total. The molecular formula is C15H16N4OS. The number of rotatable bonds is 5. The van der Waals surface area contributed by atoms with Gasteiger partial charge in [0.15, 0.2) is 0 Å². The van der Waals surface area contributed by atoms with Gasteiger partial charge in [0.1, 0.15) is 0 Å². The Morgan fingerprint density at radius 2 is 2.19 bits per heavy atom. The summed E-state index contributed by atoms with van der Waals surface area (Å²) in [5, 5.41) is 13.6. The molecule has 6 heteroatoms. The lowest BCUT2D eigenvalue weighted by molar-refractivity contribution is -0.120. The number of thiazole rings is 1. The van der Waals surface area contributed by atoms with Crippen molar-refractivity contribution in [2.45, 2.75) is 19.5 Å². The Kier molecular flexibility index (Phi) is 5.04. The Morgan fingerprint density at radius 1 is 1.48 bits per heavy atom.